The molecule has 0 radical (unpaired) electrons. The molecule has 0 amide bonds. The van der Waals surface area contributed by atoms with Crippen molar-refractivity contribution < 1.29 is 9.90 Å². The van der Waals surface area contributed by atoms with Crippen molar-refractivity contribution in [3.8, 4) is 0 Å². The van der Waals surface area contributed by atoms with Gasteiger partial charge in [0.2, 0.25) is 0 Å². The Hall–Kier alpha value is -0.570. The van der Waals surface area contributed by atoms with Crippen LogP contribution in [0.1, 0.15) is 26.7 Å². The first-order chi connectivity index (χ1) is 5.52. The molecule has 3 unspecified atom stereocenters. The molecule has 3 nitrogen and oxygen atoms in total. The standard InChI is InChI=1S/C9H17NO2/c1-5(2)3-8(10)6-4-7(6)9(11)12/h5-8H,3-4,10H2,1-2H3,(H,11,12). The SMILES string of the molecule is CC(C)CC(N)C1CC1C(=O)O. The Morgan fingerprint density at radius 3 is 2.58 bits per heavy atom. The quantitative estimate of drug-likeness (QED) is 0.665. The van der Waals surface area contributed by atoms with Crippen molar-refractivity contribution >= 4 is 5.97 Å². The van der Waals surface area contributed by atoms with Gasteiger partial charge in [-0.3, -0.25) is 4.79 Å². The predicted molar refractivity (Wildman–Crippen MR) is 46.7 cm³/mol. The lowest BCUT2D eigenvalue weighted by Gasteiger charge is -2.12. The average Bonchev–Trinajstić information content (AvgIpc) is 2.61. The van der Waals surface area contributed by atoms with E-state index in [9.17, 15) is 4.79 Å². The van der Waals surface area contributed by atoms with Gasteiger partial charge in [0, 0.05) is 6.04 Å². The molecule has 0 aromatic heterocycles. The molecule has 3 heteroatoms. The number of carboxylic acids is 1. The maximum atomic E-state index is 10.5. The number of aliphatic carboxylic acids is 1. The molecule has 0 aromatic carbocycles. The summed E-state index contributed by atoms with van der Waals surface area (Å²) in [4.78, 5) is 10.5. The Kier molecular flexibility index (Phi) is 2.73. The van der Waals surface area contributed by atoms with Crippen molar-refractivity contribution in [2.75, 3.05) is 0 Å². The summed E-state index contributed by atoms with van der Waals surface area (Å²) < 4.78 is 0. The van der Waals surface area contributed by atoms with Gasteiger partial charge in [-0.25, -0.2) is 0 Å². The second-order valence-electron chi connectivity index (χ2n) is 4.14. The summed E-state index contributed by atoms with van der Waals surface area (Å²) in [6.45, 7) is 4.22. The lowest BCUT2D eigenvalue weighted by atomic mass is 10.00. The van der Waals surface area contributed by atoms with Crippen LogP contribution in [0.25, 0.3) is 0 Å². The van der Waals surface area contributed by atoms with Gasteiger partial charge in [0.25, 0.3) is 0 Å². The van der Waals surface area contributed by atoms with E-state index in [4.69, 9.17) is 10.8 Å². The molecule has 0 spiro atoms. The van der Waals surface area contributed by atoms with Gasteiger partial charge >= 0.3 is 5.97 Å². The fourth-order valence-corrected chi connectivity index (χ4v) is 1.69. The first-order valence-electron chi connectivity index (χ1n) is 4.50. The number of rotatable bonds is 4. The highest BCUT2D eigenvalue weighted by atomic mass is 16.4. The van der Waals surface area contributed by atoms with Crippen LogP contribution in [0, 0.1) is 17.8 Å². The molecule has 0 aromatic rings. The Labute approximate surface area is 72.9 Å². The summed E-state index contributed by atoms with van der Waals surface area (Å²) in [7, 11) is 0. The van der Waals surface area contributed by atoms with Gasteiger partial charge in [0.15, 0.2) is 0 Å². The van der Waals surface area contributed by atoms with Crippen molar-refractivity contribution in [1.29, 1.82) is 0 Å². The maximum Gasteiger partial charge on any atom is 0.306 e. The topological polar surface area (TPSA) is 63.3 Å². The summed E-state index contributed by atoms with van der Waals surface area (Å²) in [6, 6.07) is 0.0890. The summed E-state index contributed by atoms with van der Waals surface area (Å²) >= 11 is 0. The molecule has 1 aliphatic rings. The molecule has 1 aliphatic carbocycles. The summed E-state index contributed by atoms with van der Waals surface area (Å²) in [5, 5.41) is 8.65. The highest BCUT2D eigenvalue weighted by Gasteiger charge is 2.46. The molecular formula is C9H17NO2. The van der Waals surface area contributed by atoms with Crippen LogP contribution in [0.3, 0.4) is 0 Å². The third-order valence-electron chi connectivity index (χ3n) is 2.45. The fraction of sp³-hybridized carbons (Fsp3) is 0.889. The van der Waals surface area contributed by atoms with E-state index in [1.165, 1.54) is 0 Å². The van der Waals surface area contributed by atoms with E-state index in [0.717, 1.165) is 12.8 Å². The van der Waals surface area contributed by atoms with Crippen molar-refractivity contribution in [3.05, 3.63) is 0 Å². The normalized spacial score (nSPS) is 30.3. The second-order valence-corrected chi connectivity index (χ2v) is 4.14. The second kappa shape index (κ2) is 3.44. The highest BCUT2D eigenvalue weighted by molar-refractivity contribution is 5.73. The fourth-order valence-electron chi connectivity index (χ4n) is 1.69. The predicted octanol–water partition coefficient (Wildman–Crippen LogP) is 1.08. The molecule has 3 atom stereocenters. The average molecular weight is 171 g/mol. The maximum absolute atomic E-state index is 10.5. The third kappa shape index (κ3) is 2.21. The van der Waals surface area contributed by atoms with E-state index in [0.29, 0.717) is 5.92 Å². The number of carboxylic acid groups (broad SMARTS) is 1. The van der Waals surface area contributed by atoms with Gasteiger partial charge in [-0.05, 0) is 24.7 Å². The van der Waals surface area contributed by atoms with Crippen LogP contribution in [0.2, 0.25) is 0 Å². The molecule has 0 bridgehead atoms. The summed E-state index contributed by atoms with van der Waals surface area (Å²) in [6.07, 6.45) is 1.72. The minimum atomic E-state index is -0.681. The van der Waals surface area contributed by atoms with Crippen molar-refractivity contribution in [2.24, 2.45) is 23.5 Å². The molecule has 0 aliphatic heterocycles. The van der Waals surface area contributed by atoms with Crippen LogP contribution in [0.5, 0.6) is 0 Å². The Morgan fingerprint density at radius 1 is 1.67 bits per heavy atom. The number of nitrogens with two attached hydrogens (primary N) is 1. The molecule has 0 saturated heterocycles. The van der Waals surface area contributed by atoms with Gasteiger partial charge in [0.1, 0.15) is 0 Å². The zero-order chi connectivity index (χ0) is 9.30. The molecule has 1 saturated carbocycles. The van der Waals surface area contributed by atoms with E-state index < -0.39 is 5.97 Å². The third-order valence-corrected chi connectivity index (χ3v) is 2.45. The van der Waals surface area contributed by atoms with Gasteiger partial charge in [-0.1, -0.05) is 13.8 Å². The Morgan fingerprint density at radius 2 is 2.25 bits per heavy atom. The van der Waals surface area contributed by atoms with E-state index in [2.05, 4.69) is 13.8 Å². The van der Waals surface area contributed by atoms with Gasteiger partial charge in [-0.2, -0.15) is 0 Å². The smallest absolute Gasteiger partial charge is 0.306 e. The van der Waals surface area contributed by atoms with Crippen LogP contribution < -0.4 is 5.73 Å². The molecule has 0 heterocycles. The molecular weight excluding hydrogens is 154 g/mol. The highest BCUT2D eigenvalue weighted by Crippen LogP contribution is 2.42. The van der Waals surface area contributed by atoms with Crippen molar-refractivity contribution in [3.63, 3.8) is 0 Å². The first kappa shape index (κ1) is 9.52. The Bertz CT molecular complexity index is 179. The first-order valence-corrected chi connectivity index (χ1v) is 4.50. The molecule has 1 fully saturated rings. The van der Waals surface area contributed by atoms with Crippen LogP contribution in [-0.2, 0) is 4.79 Å². The van der Waals surface area contributed by atoms with Crippen molar-refractivity contribution in [2.45, 2.75) is 32.7 Å². The monoisotopic (exact) mass is 171 g/mol. The van der Waals surface area contributed by atoms with E-state index in [1.54, 1.807) is 0 Å². The number of carbonyl (C=O) groups is 1. The van der Waals surface area contributed by atoms with Gasteiger partial charge < -0.3 is 10.8 Å². The Balaban J connectivity index is 2.28. The largest absolute Gasteiger partial charge is 0.481 e. The zero-order valence-corrected chi connectivity index (χ0v) is 7.66. The van der Waals surface area contributed by atoms with Crippen LogP contribution in [0.15, 0.2) is 0 Å². The number of hydrogen-bond acceptors (Lipinski definition) is 2. The zero-order valence-electron chi connectivity index (χ0n) is 7.66. The van der Waals surface area contributed by atoms with E-state index in [1.807, 2.05) is 0 Å². The van der Waals surface area contributed by atoms with Crippen molar-refractivity contribution in [1.82, 2.24) is 0 Å². The van der Waals surface area contributed by atoms with E-state index in [-0.39, 0.29) is 17.9 Å². The molecule has 3 N–H and O–H groups in total. The molecule has 1 rings (SSSR count). The summed E-state index contributed by atoms with van der Waals surface area (Å²) in [5.41, 5.74) is 5.84. The molecule has 12 heavy (non-hydrogen) atoms. The minimum absolute atomic E-state index is 0.0890. The van der Waals surface area contributed by atoms with Gasteiger partial charge in [0.05, 0.1) is 5.92 Å². The van der Waals surface area contributed by atoms with Gasteiger partial charge in [-0.15, -0.1) is 0 Å². The van der Waals surface area contributed by atoms with Crippen LogP contribution in [-0.4, -0.2) is 17.1 Å². The van der Waals surface area contributed by atoms with E-state index >= 15 is 0 Å². The lowest BCUT2D eigenvalue weighted by Crippen LogP contribution is -2.26. The lowest BCUT2D eigenvalue weighted by molar-refractivity contribution is -0.138. The minimum Gasteiger partial charge on any atom is -0.481 e. The molecule has 70 valence electrons. The van der Waals surface area contributed by atoms with Crippen LogP contribution in [0.4, 0.5) is 0 Å². The number of hydrogen-bond donors (Lipinski definition) is 2. The summed E-state index contributed by atoms with van der Waals surface area (Å²) in [5.74, 6) is -0.0297. The van der Waals surface area contributed by atoms with Crippen LogP contribution >= 0.6 is 0 Å².